The molecule has 2 rings (SSSR count). The maximum atomic E-state index is 13.1. The summed E-state index contributed by atoms with van der Waals surface area (Å²) in [6.07, 6.45) is 1.61. The van der Waals surface area contributed by atoms with E-state index in [0.717, 1.165) is 11.1 Å². The summed E-state index contributed by atoms with van der Waals surface area (Å²) >= 11 is 0. The van der Waals surface area contributed by atoms with Crippen LogP contribution in [0.3, 0.4) is 0 Å². The summed E-state index contributed by atoms with van der Waals surface area (Å²) in [4.78, 5) is 16.0. The van der Waals surface area contributed by atoms with Gasteiger partial charge in [-0.25, -0.2) is 9.37 Å². The zero-order valence-corrected chi connectivity index (χ0v) is 10.2. The summed E-state index contributed by atoms with van der Waals surface area (Å²) in [7, 11) is 0. The number of aryl methyl sites for hydroxylation is 2. The number of hydrogen-bond acceptors (Lipinski definition) is 2. The molecule has 18 heavy (non-hydrogen) atoms. The van der Waals surface area contributed by atoms with Gasteiger partial charge in [0.2, 0.25) is 0 Å². The van der Waals surface area contributed by atoms with Crippen LogP contribution in [-0.2, 0) is 0 Å². The van der Waals surface area contributed by atoms with Crippen molar-refractivity contribution >= 4 is 11.7 Å². The molecule has 0 radical (unpaired) electrons. The van der Waals surface area contributed by atoms with Crippen molar-refractivity contribution in [3.63, 3.8) is 0 Å². The quantitative estimate of drug-likeness (QED) is 0.882. The molecule has 1 amide bonds. The van der Waals surface area contributed by atoms with Gasteiger partial charge in [-0.1, -0.05) is 6.07 Å². The van der Waals surface area contributed by atoms with Crippen molar-refractivity contribution < 1.29 is 9.18 Å². The van der Waals surface area contributed by atoms with Crippen LogP contribution in [0.1, 0.15) is 21.5 Å². The topological polar surface area (TPSA) is 42.0 Å². The van der Waals surface area contributed by atoms with E-state index in [1.165, 1.54) is 12.1 Å². The zero-order valence-electron chi connectivity index (χ0n) is 10.2. The van der Waals surface area contributed by atoms with E-state index >= 15 is 0 Å². The first kappa shape index (κ1) is 12.2. The van der Waals surface area contributed by atoms with Gasteiger partial charge in [-0.15, -0.1) is 0 Å². The molecule has 0 aliphatic heterocycles. The molecule has 0 aliphatic rings. The molecule has 3 nitrogen and oxygen atoms in total. The Kier molecular flexibility index (Phi) is 3.37. The summed E-state index contributed by atoms with van der Waals surface area (Å²) in [5.74, 6) is -0.322. The predicted octanol–water partition coefficient (Wildman–Crippen LogP) is 3.09. The van der Waals surface area contributed by atoms with Crippen LogP contribution in [0.4, 0.5) is 10.2 Å². The molecule has 0 saturated heterocycles. The molecular weight excluding hydrogens is 231 g/mol. The van der Waals surface area contributed by atoms with E-state index in [4.69, 9.17) is 0 Å². The van der Waals surface area contributed by atoms with E-state index in [2.05, 4.69) is 10.3 Å². The first-order chi connectivity index (χ1) is 8.56. The lowest BCUT2D eigenvalue weighted by atomic mass is 10.1. The van der Waals surface area contributed by atoms with Gasteiger partial charge in [0.05, 0.1) is 0 Å². The normalized spacial score (nSPS) is 10.2. The molecule has 2 aromatic rings. The lowest BCUT2D eigenvalue weighted by Gasteiger charge is -2.07. The summed E-state index contributed by atoms with van der Waals surface area (Å²) in [6, 6.07) is 7.72. The molecule has 0 saturated carbocycles. The Labute approximate surface area is 105 Å². The highest BCUT2D eigenvalue weighted by atomic mass is 19.1. The monoisotopic (exact) mass is 244 g/mol. The van der Waals surface area contributed by atoms with Crippen molar-refractivity contribution in [3.8, 4) is 0 Å². The summed E-state index contributed by atoms with van der Waals surface area (Å²) < 4.78 is 13.1. The third-order valence-corrected chi connectivity index (χ3v) is 2.60. The van der Waals surface area contributed by atoms with Crippen molar-refractivity contribution in [2.45, 2.75) is 13.8 Å². The van der Waals surface area contributed by atoms with Crippen LogP contribution < -0.4 is 5.32 Å². The molecule has 0 unspecified atom stereocenters. The standard InChI is InChI=1S/C14H13FN2O/c1-9-5-6-16-13(7-9)17-14(18)12-8-11(15)4-3-10(12)2/h3-8H,1-2H3,(H,16,17,18). The molecule has 4 heteroatoms. The second-order valence-electron chi connectivity index (χ2n) is 4.13. The fourth-order valence-electron chi connectivity index (χ4n) is 1.63. The number of carbonyl (C=O) groups is 1. The van der Waals surface area contributed by atoms with Gasteiger partial charge in [0.15, 0.2) is 0 Å². The first-order valence-corrected chi connectivity index (χ1v) is 5.56. The van der Waals surface area contributed by atoms with Crippen LogP contribution in [-0.4, -0.2) is 10.9 Å². The van der Waals surface area contributed by atoms with E-state index in [-0.39, 0.29) is 5.91 Å². The van der Waals surface area contributed by atoms with Crippen molar-refractivity contribution in [2.24, 2.45) is 0 Å². The van der Waals surface area contributed by atoms with Gasteiger partial charge in [0.1, 0.15) is 11.6 Å². The molecule has 0 aliphatic carbocycles. The second kappa shape index (κ2) is 4.96. The summed E-state index contributed by atoms with van der Waals surface area (Å²) in [5.41, 5.74) is 2.04. The number of pyridine rings is 1. The average Bonchev–Trinajstić information content (AvgIpc) is 2.32. The number of nitrogens with one attached hydrogen (secondary N) is 1. The Hall–Kier alpha value is -2.23. The van der Waals surface area contributed by atoms with Gasteiger partial charge in [-0.3, -0.25) is 4.79 Å². The molecule has 0 spiro atoms. The molecule has 1 aromatic carbocycles. The third kappa shape index (κ3) is 2.71. The second-order valence-corrected chi connectivity index (χ2v) is 4.13. The van der Waals surface area contributed by atoms with E-state index in [9.17, 15) is 9.18 Å². The minimum atomic E-state index is -0.428. The van der Waals surface area contributed by atoms with Gasteiger partial charge >= 0.3 is 0 Å². The molecule has 1 aromatic heterocycles. The molecule has 1 N–H and O–H groups in total. The Bertz CT molecular complexity index is 596. The van der Waals surface area contributed by atoms with Gasteiger partial charge in [0, 0.05) is 11.8 Å². The molecule has 92 valence electrons. The molecule has 0 fully saturated rings. The van der Waals surface area contributed by atoms with Crippen LogP contribution >= 0.6 is 0 Å². The Morgan fingerprint density at radius 1 is 1.22 bits per heavy atom. The molecule has 0 atom stereocenters. The number of hydrogen-bond donors (Lipinski definition) is 1. The lowest BCUT2D eigenvalue weighted by molar-refractivity contribution is 0.102. The number of benzene rings is 1. The number of rotatable bonds is 2. The lowest BCUT2D eigenvalue weighted by Crippen LogP contribution is -2.14. The fraction of sp³-hybridized carbons (Fsp3) is 0.143. The highest BCUT2D eigenvalue weighted by Crippen LogP contribution is 2.13. The zero-order chi connectivity index (χ0) is 13.1. The minimum Gasteiger partial charge on any atom is -0.307 e. The number of anilines is 1. The number of aromatic nitrogens is 1. The van der Waals surface area contributed by atoms with Crippen LogP contribution in [0.5, 0.6) is 0 Å². The number of halogens is 1. The average molecular weight is 244 g/mol. The number of amides is 1. The Balaban J connectivity index is 2.24. The third-order valence-electron chi connectivity index (χ3n) is 2.60. The number of nitrogens with zero attached hydrogens (tertiary/aromatic N) is 1. The van der Waals surface area contributed by atoms with E-state index in [1.54, 1.807) is 25.3 Å². The van der Waals surface area contributed by atoms with Crippen molar-refractivity contribution in [1.29, 1.82) is 0 Å². The van der Waals surface area contributed by atoms with E-state index in [0.29, 0.717) is 11.4 Å². The maximum Gasteiger partial charge on any atom is 0.257 e. The highest BCUT2D eigenvalue weighted by molar-refractivity contribution is 6.04. The van der Waals surface area contributed by atoms with Crippen molar-refractivity contribution in [3.05, 3.63) is 59.0 Å². The molecular formula is C14H13FN2O. The van der Waals surface area contributed by atoms with E-state index in [1.807, 2.05) is 13.0 Å². The summed E-state index contributed by atoms with van der Waals surface area (Å²) in [6.45, 7) is 3.67. The molecule has 1 heterocycles. The van der Waals surface area contributed by atoms with Gasteiger partial charge in [0.25, 0.3) is 5.91 Å². The van der Waals surface area contributed by atoms with Crippen molar-refractivity contribution in [1.82, 2.24) is 4.98 Å². The Morgan fingerprint density at radius 3 is 2.72 bits per heavy atom. The maximum absolute atomic E-state index is 13.1. The largest absolute Gasteiger partial charge is 0.307 e. The summed E-state index contributed by atoms with van der Waals surface area (Å²) in [5, 5.41) is 2.65. The smallest absolute Gasteiger partial charge is 0.257 e. The van der Waals surface area contributed by atoms with E-state index < -0.39 is 5.82 Å². The van der Waals surface area contributed by atoms with Gasteiger partial charge in [-0.2, -0.15) is 0 Å². The predicted molar refractivity (Wildman–Crippen MR) is 68.1 cm³/mol. The van der Waals surface area contributed by atoms with Crippen LogP contribution in [0.2, 0.25) is 0 Å². The van der Waals surface area contributed by atoms with Crippen LogP contribution in [0.25, 0.3) is 0 Å². The fourth-order valence-corrected chi connectivity index (χ4v) is 1.63. The first-order valence-electron chi connectivity index (χ1n) is 5.56. The van der Waals surface area contributed by atoms with Crippen LogP contribution in [0, 0.1) is 19.7 Å². The SMILES string of the molecule is Cc1ccnc(NC(=O)c2cc(F)ccc2C)c1. The Morgan fingerprint density at radius 2 is 2.00 bits per heavy atom. The highest BCUT2D eigenvalue weighted by Gasteiger charge is 2.10. The minimum absolute atomic E-state index is 0.318. The van der Waals surface area contributed by atoms with Crippen molar-refractivity contribution in [2.75, 3.05) is 5.32 Å². The molecule has 0 bridgehead atoms. The van der Waals surface area contributed by atoms with Gasteiger partial charge < -0.3 is 5.32 Å². The van der Waals surface area contributed by atoms with Gasteiger partial charge in [-0.05, 0) is 49.2 Å². The number of carbonyl (C=O) groups excluding carboxylic acids is 1. The van der Waals surface area contributed by atoms with Crippen LogP contribution in [0.15, 0.2) is 36.5 Å².